The molecule has 3 N–H and O–H groups in total. The van der Waals surface area contributed by atoms with Crippen LogP contribution in [0.1, 0.15) is 23.9 Å². The van der Waals surface area contributed by atoms with Crippen LogP contribution in [0.5, 0.6) is 0 Å². The molecule has 0 aliphatic rings. The molecule has 0 aliphatic heterocycles. The number of imidazole rings is 1. The van der Waals surface area contributed by atoms with Gasteiger partial charge in [-0.2, -0.15) is 4.98 Å². The number of nitrogens with two attached hydrogens (primary N) is 1. The van der Waals surface area contributed by atoms with Crippen molar-refractivity contribution in [2.45, 2.75) is 19.4 Å². The number of aryl methyl sites for hydroxylation is 2. The van der Waals surface area contributed by atoms with Crippen molar-refractivity contribution in [3.63, 3.8) is 0 Å². The number of rotatable bonds is 2. The molecule has 0 bridgehead atoms. The summed E-state index contributed by atoms with van der Waals surface area (Å²) < 4.78 is 7.97. The minimum atomic E-state index is -1.48. The summed E-state index contributed by atoms with van der Waals surface area (Å²) in [5.74, 6) is 6.76. The maximum Gasteiger partial charge on any atom is 0.334 e. The molecule has 3 heterocycles. The first-order valence-electron chi connectivity index (χ1n) is 8.76. The van der Waals surface area contributed by atoms with Gasteiger partial charge in [-0.25, -0.2) is 14.3 Å². The van der Waals surface area contributed by atoms with Crippen molar-refractivity contribution in [3.05, 3.63) is 64.0 Å². The average molecular weight is 390 g/mol. The quantitative estimate of drug-likeness (QED) is 0.494. The number of hydrogen-bond acceptors (Lipinski definition) is 7. The lowest BCUT2D eigenvalue weighted by Gasteiger charge is -2.11. The lowest BCUT2D eigenvalue weighted by Crippen LogP contribution is -2.21. The van der Waals surface area contributed by atoms with Gasteiger partial charge < -0.3 is 15.4 Å². The normalized spacial score (nSPS) is 13.1. The number of benzene rings is 1. The molecule has 9 heteroatoms. The molecule has 3 aromatic heterocycles. The largest absolute Gasteiger partial charge is 0.372 e. The maximum atomic E-state index is 12.7. The number of nitrogen functional groups attached to an aromatic ring is 1. The molecule has 0 spiro atoms. The lowest BCUT2D eigenvalue weighted by atomic mass is 10.0. The van der Waals surface area contributed by atoms with Crippen LogP contribution in [0, 0.1) is 18.8 Å². The van der Waals surface area contributed by atoms with Gasteiger partial charge in [0.2, 0.25) is 5.95 Å². The van der Waals surface area contributed by atoms with Crippen LogP contribution in [0.3, 0.4) is 0 Å². The molecular formula is C20H18N6O3. The summed E-state index contributed by atoms with van der Waals surface area (Å²) in [5, 5.41) is 14.4. The molecule has 1 atom stereocenters. The van der Waals surface area contributed by atoms with Gasteiger partial charge in [0, 0.05) is 30.9 Å². The number of anilines is 1. The third-order valence-corrected chi connectivity index (χ3v) is 4.52. The third kappa shape index (κ3) is 3.26. The van der Waals surface area contributed by atoms with E-state index in [0.29, 0.717) is 33.9 Å². The number of aromatic nitrogens is 5. The molecule has 146 valence electrons. The Morgan fingerprint density at radius 1 is 1.24 bits per heavy atom. The minimum absolute atomic E-state index is 0.0706. The van der Waals surface area contributed by atoms with Crippen LogP contribution >= 0.6 is 0 Å². The first-order chi connectivity index (χ1) is 13.8. The fourth-order valence-electron chi connectivity index (χ4n) is 2.98. The zero-order valence-electron chi connectivity index (χ0n) is 16.0. The standard InChI is InChI=1S/C20H18N6O3/c1-12-10-16(24-29-12)20(2,28)8-6-13-4-5-14-15(11-13)26(19(27)25(14)3)17-7-9-22-18(21)23-17/h4-5,7,9-11,28H,1-3H3,(H2,21,22,23)/t20-/m1/s1. The van der Waals surface area contributed by atoms with E-state index in [0.717, 1.165) is 0 Å². The fourth-order valence-corrected chi connectivity index (χ4v) is 2.98. The van der Waals surface area contributed by atoms with Gasteiger partial charge in [-0.15, -0.1) is 0 Å². The molecule has 0 amide bonds. The molecule has 1 aromatic carbocycles. The summed E-state index contributed by atoms with van der Waals surface area (Å²) in [6, 6.07) is 8.56. The molecule has 0 radical (unpaired) electrons. The van der Waals surface area contributed by atoms with Crippen LogP contribution in [0.15, 0.2) is 45.8 Å². The zero-order valence-corrected chi connectivity index (χ0v) is 16.0. The second-order valence-electron chi connectivity index (χ2n) is 6.80. The van der Waals surface area contributed by atoms with Crippen LogP contribution < -0.4 is 11.4 Å². The second kappa shape index (κ2) is 6.61. The fraction of sp³-hybridized carbons (Fsp3) is 0.200. The van der Waals surface area contributed by atoms with Crippen LogP contribution in [0.25, 0.3) is 16.9 Å². The summed E-state index contributed by atoms with van der Waals surface area (Å²) >= 11 is 0. The van der Waals surface area contributed by atoms with Crippen molar-refractivity contribution in [2.24, 2.45) is 7.05 Å². The van der Waals surface area contributed by atoms with E-state index in [4.69, 9.17) is 10.3 Å². The Bertz CT molecular complexity index is 1350. The van der Waals surface area contributed by atoms with Gasteiger partial charge in [0.1, 0.15) is 17.3 Å². The predicted molar refractivity (Wildman–Crippen MR) is 106 cm³/mol. The van der Waals surface area contributed by atoms with Gasteiger partial charge in [-0.1, -0.05) is 17.0 Å². The summed E-state index contributed by atoms with van der Waals surface area (Å²) in [7, 11) is 1.68. The summed E-state index contributed by atoms with van der Waals surface area (Å²) in [5.41, 5.74) is 6.18. The highest BCUT2D eigenvalue weighted by molar-refractivity contribution is 5.79. The van der Waals surface area contributed by atoms with Crippen molar-refractivity contribution in [3.8, 4) is 17.7 Å². The van der Waals surface area contributed by atoms with Gasteiger partial charge >= 0.3 is 5.69 Å². The molecule has 0 fully saturated rings. The lowest BCUT2D eigenvalue weighted by molar-refractivity contribution is 0.112. The molecule has 0 aliphatic carbocycles. The topological polar surface area (TPSA) is 125 Å². The third-order valence-electron chi connectivity index (χ3n) is 4.52. The molecule has 0 unspecified atom stereocenters. The van der Waals surface area contributed by atoms with E-state index in [1.165, 1.54) is 22.3 Å². The number of fused-ring (bicyclic) bond motifs is 1. The van der Waals surface area contributed by atoms with E-state index in [2.05, 4.69) is 27.0 Å². The molecule has 4 rings (SSSR count). The molecule has 9 nitrogen and oxygen atoms in total. The molecule has 4 aromatic rings. The zero-order chi connectivity index (χ0) is 20.8. The van der Waals surface area contributed by atoms with Crippen LogP contribution in [-0.2, 0) is 12.6 Å². The smallest absolute Gasteiger partial charge is 0.334 e. The van der Waals surface area contributed by atoms with Crippen LogP contribution in [0.4, 0.5) is 5.95 Å². The number of aliphatic hydroxyl groups is 1. The van der Waals surface area contributed by atoms with Crippen molar-refractivity contribution in [2.75, 3.05) is 5.73 Å². The Balaban J connectivity index is 1.83. The molecule has 29 heavy (non-hydrogen) atoms. The van der Waals surface area contributed by atoms with E-state index >= 15 is 0 Å². The molecule has 0 saturated carbocycles. The van der Waals surface area contributed by atoms with Crippen LogP contribution in [0.2, 0.25) is 0 Å². The molecule has 0 saturated heterocycles. The predicted octanol–water partition coefficient (Wildman–Crippen LogP) is 1.26. The summed E-state index contributed by atoms with van der Waals surface area (Å²) in [4.78, 5) is 20.8. The second-order valence-corrected chi connectivity index (χ2v) is 6.80. The first kappa shape index (κ1) is 18.5. The number of nitrogens with zero attached hydrogens (tertiary/aromatic N) is 5. The highest BCUT2D eigenvalue weighted by Crippen LogP contribution is 2.21. The summed E-state index contributed by atoms with van der Waals surface area (Å²) in [6.45, 7) is 3.28. The van der Waals surface area contributed by atoms with Gasteiger partial charge in [-0.05, 0) is 32.0 Å². The number of hydrogen-bond donors (Lipinski definition) is 2. The van der Waals surface area contributed by atoms with E-state index < -0.39 is 5.60 Å². The minimum Gasteiger partial charge on any atom is -0.372 e. The van der Waals surface area contributed by atoms with Gasteiger partial charge in [-0.3, -0.25) is 4.57 Å². The average Bonchev–Trinajstić information content (AvgIpc) is 3.23. The van der Waals surface area contributed by atoms with Crippen molar-refractivity contribution >= 4 is 17.0 Å². The van der Waals surface area contributed by atoms with Gasteiger partial charge in [0.25, 0.3) is 0 Å². The van der Waals surface area contributed by atoms with Crippen molar-refractivity contribution in [1.82, 2.24) is 24.3 Å². The van der Waals surface area contributed by atoms with Gasteiger partial charge in [0.15, 0.2) is 5.60 Å². The monoisotopic (exact) mass is 390 g/mol. The van der Waals surface area contributed by atoms with Crippen molar-refractivity contribution < 1.29 is 9.63 Å². The van der Waals surface area contributed by atoms with E-state index in [1.54, 1.807) is 44.3 Å². The SMILES string of the molecule is Cc1cc([C@](C)(O)C#Cc2ccc3c(c2)n(-c2ccnc(N)n2)c(=O)n3C)no1. The first-order valence-corrected chi connectivity index (χ1v) is 8.76. The Kier molecular flexibility index (Phi) is 4.21. The van der Waals surface area contributed by atoms with E-state index in [-0.39, 0.29) is 11.6 Å². The highest BCUT2D eigenvalue weighted by Gasteiger charge is 2.24. The van der Waals surface area contributed by atoms with E-state index in [9.17, 15) is 9.90 Å². The summed E-state index contributed by atoms with van der Waals surface area (Å²) in [6.07, 6.45) is 1.49. The Morgan fingerprint density at radius 2 is 2.03 bits per heavy atom. The maximum absolute atomic E-state index is 12.7. The van der Waals surface area contributed by atoms with Crippen molar-refractivity contribution in [1.29, 1.82) is 0 Å². The van der Waals surface area contributed by atoms with Crippen LogP contribution in [-0.4, -0.2) is 29.4 Å². The Labute approximate surface area is 165 Å². The highest BCUT2D eigenvalue weighted by atomic mass is 16.5. The molecular weight excluding hydrogens is 372 g/mol. The van der Waals surface area contributed by atoms with E-state index in [1.807, 2.05) is 0 Å². The van der Waals surface area contributed by atoms with Gasteiger partial charge in [0.05, 0.1) is 11.0 Å². The Morgan fingerprint density at radius 3 is 2.72 bits per heavy atom. The Hall–Kier alpha value is -3.90.